The number of carbonyl (C=O) groups excluding carboxylic acids is 12. The molecule has 0 aromatic carbocycles. The number of primary amides is 2. The molecule has 1 aliphatic heterocycles. The Morgan fingerprint density at radius 1 is 0.565 bits per heavy atom. The zero-order valence-corrected chi connectivity index (χ0v) is 40.4. The standard InChI is InChI=1S/C39H62N12O16S2/c1-16(2)7-20-36(64)44-18(5)33(61)48-23(10-30(56)57)34(62)42-13-29(55)47-25(32(41)60)14-68-69-15-26(45-19(6)52)35(63)43-12-28(54)46-22(9-27(40)53)38(66)50-21(8-17(3)4)37(65)51-24(11-31(58)59)39(67)49-20/h16-18,20-26H,7-15H2,1-6H3,(H2,40,53)(H2,41,60)(H,42,62)(H,43,63)(H,44,64)(H,45,52)(H,46,54)(H,47,55)(H,48,61)(H,49,67)(H,50,66)(H,51,65)(H,56,57)(H,58,59). The Morgan fingerprint density at radius 3 is 1.43 bits per heavy atom. The third kappa shape index (κ3) is 24.2. The van der Waals surface area contributed by atoms with Crippen molar-refractivity contribution in [2.24, 2.45) is 23.3 Å². The van der Waals surface area contributed by atoms with E-state index in [1.54, 1.807) is 27.7 Å². The number of carboxylic acid groups (broad SMARTS) is 2. The van der Waals surface area contributed by atoms with Gasteiger partial charge in [-0.2, -0.15) is 0 Å². The van der Waals surface area contributed by atoms with Crippen molar-refractivity contribution < 1.29 is 77.3 Å². The lowest BCUT2D eigenvalue weighted by molar-refractivity contribution is -0.142. The van der Waals surface area contributed by atoms with Gasteiger partial charge >= 0.3 is 11.9 Å². The molecule has 0 radical (unpaired) electrons. The van der Waals surface area contributed by atoms with Gasteiger partial charge in [0, 0.05) is 18.4 Å². The molecular weight excluding hydrogens is 957 g/mol. The molecule has 0 aromatic rings. The number of carboxylic acids is 2. The lowest BCUT2D eigenvalue weighted by Crippen LogP contribution is -2.60. The summed E-state index contributed by atoms with van der Waals surface area (Å²) in [5, 5.41) is 41.9. The summed E-state index contributed by atoms with van der Waals surface area (Å²) in [5.41, 5.74) is 10.8. The molecule has 8 atom stereocenters. The third-order valence-corrected chi connectivity index (χ3v) is 11.7. The van der Waals surface area contributed by atoms with E-state index in [9.17, 15) is 77.3 Å². The molecule has 0 spiro atoms. The lowest BCUT2D eigenvalue weighted by Gasteiger charge is -2.27. The molecular formula is C39H62N12O16S2. The van der Waals surface area contributed by atoms with Crippen LogP contribution in [0.1, 0.15) is 73.6 Å². The second-order valence-corrected chi connectivity index (χ2v) is 19.1. The van der Waals surface area contributed by atoms with Gasteiger partial charge in [0.05, 0.1) is 32.4 Å². The maximum atomic E-state index is 13.7. The van der Waals surface area contributed by atoms with Gasteiger partial charge in [-0.15, -0.1) is 0 Å². The van der Waals surface area contributed by atoms with Crippen molar-refractivity contribution >= 4 is 104 Å². The zero-order valence-electron chi connectivity index (χ0n) is 38.7. The molecule has 0 aromatic heterocycles. The van der Waals surface area contributed by atoms with Crippen LogP contribution in [0.5, 0.6) is 0 Å². The molecule has 30 heteroatoms. The number of hydrogen-bond donors (Lipinski definition) is 14. The molecule has 12 amide bonds. The minimum Gasteiger partial charge on any atom is -0.481 e. The summed E-state index contributed by atoms with van der Waals surface area (Å²) in [5.74, 6) is -16.6. The first-order valence-corrected chi connectivity index (χ1v) is 23.8. The van der Waals surface area contributed by atoms with Gasteiger partial charge in [-0.25, -0.2) is 0 Å². The highest BCUT2D eigenvalue weighted by molar-refractivity contribution is 8.76. The highest BCUT2D eigenvalue weighted by atomic mass is 33.1. The third-order valence-electron chi connectivity index (χ3n) is 9.28. The molecule has 8 unspecified atom stereocenters. The summed E-state index contributed by atoms with van der Waals surface area (Å²) in [6.07, 6.45) is -3.10. The minimum absolute atomic E-state index is 0.113. The molecule has 0 saturated carbocycles. The summed E-state index contributed by atoms with van der Waals surface area (Å²) >= 11 is 0. The van der Waals surface area contributed by atoms with E-state index in [1.807, 2.05) is 0 Å². The van der Waals surface area contributed by atoms with E-state index >= 15 is 0 Å². The number of aliphatic carboxylic acids is 2. The number of hydrogen-bond acceptors (Lipinski definition) is 16. The van der Waals surface area contributed by atoms with E-state index in [0.29, 0.717) is 0 Å². The van der Waals surface area contributed by atoms with Gasteiger partial charge in [-0.1, -0.05) is 49.3 Å². The Labute approximate surface area is 403 Å². The van der Waals surface area contributed by atoms with E-state index < -0.39 is 164 Å². The maximum absolute atomic E-state index is 13.7. The van der Waals surface area contributed by atoms with E-state index in [4.69, 9.17) is 11.5 Å². The molecule has 16 N–H and O–H groups in total. The number of carbonyl (C=O) groups is 14. The minimum atomic E-state index is -1.89. The van der Waals surface area contributed by atoms with E-state index in [-0.39, 0.29) is 36.2 Å². The fourth-order valence-electron chi connectivity index (χ4n) is 6.00. The quantitative estimate of drug-likeness (QED) is 0.0809. The lowest BCUT2D eigenvalue weighted by atomic mass is 10.0. The summed E-state index contributed by atoms with van der Waals surface area (Å²) < 4.78 is 0. The average molecular weight is 1020 g/mol. The van der Waals surface area contributed by atoms with Crippen molar-refractivity contribution in [1.29, 1.82) is 0 Å². The normalized spacial score (nSPS) is 25.2. The van der Waals surface area contributed by atoms with Crippen molar-refractivity contribution in [2.45, 2.75) is 122 Å². The number of nitrogens with two attached hydrogens (primary N) is 2. The monoisotopic (exact) mass is 1020 g/mol. The molecule has 386 valence electrons. The molecule has 1 fully saturated rings. The Kier molecular flexibility index (Phi) is 26.1. The zero-order chi connectivity index (χ0) is 52.7. The Balaban J connectivity index is 3.69. The van der Waals surface area contributed by atoms with Crippen LogP contribution in [0.25, 0.3) is 0 Å². The predicted octanol–water partition coefficient (Wildman–Crippen LogP) is -6.07. The molecule has 1 rings (SSSR count). The highest BCUT2D eigenvalue weighted by Crippen LogP contribution is 2.23. The van der Waals surface area contributed by atoms with Gasteiger partial charge in [0.2, 0.25) is 70.9 Å². The van der Waals surface area contributed by atoms with Crippen LogP contribution in [0.15, 0.2) is 0 Å². The molecule has 1 aliphatic rings. The fourth-order valence-corrected chi connectivity index (χ4v) is 8.35. The first-order valence-electron chi connectivity index (χ1n) is 21.3. The first kappa shape index (κ1) is 60.3. The number of nitrogens with one attached hydrogen (secondary N) is 10. The summed E-state index contributed by atoms with van der Waals surface area (Å²) in [7, 11) is 1.84. The van der Waals surface area contributed by atoms with Crippen LogP contribution in [0, 0.1) is 11.8 Å². The second-order valence-electron chi connectivity index (χ2n) is 16.5. The number of amides is 12. The van der Waals surface area contributed by atoms with Crippen LogP contribution >= 0.6 is 21.6 Å². The smallest absolute Gasteiger partial charge is 0.305 e. The first-order chi connectivity index (χ1) is 32.1. The van der Waals surface area contributed by atoms with Crippen LogP contribution in [0.4, 0.5) is 0 Å². The highest BCUT2D eigenvalue weighted by Gasteiger charge is 2.35. The molecule has 1 heterocycles. The van der Waals surface area contributed by atoms with Crippen molar-refractivity contribution in [3.63, 3.8) is 0 Å². The Morgan fingerprint density at radius 2 is 0.971 bits per heavy atom. The van der Waals surface area contributed by atoms with Crippen molar-refractivity contribution in [1.82, 2.24) is 53.2 Å². The Hall–Kier alpha value is -6.72. The molecule has 0 bridgehead atoms. The van der Waals surface area contributed by atoms with Crippen LogP contribution < -0.4 is 64.6 Å². The molecule has 28 nitrogen and oxygen atoms in total. The molecule has 69 heavy (non-hydrogen) atoms. The van der Waals surface area contributed by atoms with Crippen molar-refractivity contribution in [3.8, 4) is 0 Å². The van der Waals surface area contributed by atoms with Crippen molar-refractivity contribution in [3.05, 3.63) is 0 Å². The van der Waals surface area contributed by atoms with Gasteiger partial charge < -0.3 is 74.8 Å². The van der Waals surface area contributed by atoms with Gasteiger partial charge in [-0.05, 0) is 31.6 Å². The SMILES string of the molecule is CC(=O)NC1CSSCC(C(N)=O)NC(=O)CNC(=O)C(CC(=O)O)NC(=O)C(C)NC(=O)C(CC(C)C)NC(=O)C(CC(=O)O)NC(=O)C(CC(C)C)NC(=O)C(CC(N)=O)NC(=O)CNC1=O. The average Bonchev–Trinajstić information content (AvgIpc) is 3.22. The van der Waals surface area contributed by atoms with Crippen LogP contribution in [0.2, 0.25) is 0 Å². The van der Waals surface area contributed by atoms with E-state index in [0.717, 1.165) is 35.4 Å². The number of rotatable bonds is 12. The molecule has 0 aliphatic carbocycles. The van der Waals surface area contributed by atoms with Gasteiger partial charge in [-0.3, -0.25) is 67.1 Å². The molecule has 1 saturated heterocycles. The van der Waals surface area contributed by atoms with E-state index in [1.165, 1.54) is 0 Å². The van der Waals surface area contributed by atoms with Crippen LogP contribution in [-0.2, 0) is 67.1 Å². The van der Waals surface area contributed by atoms with Gasteiger partial charge in [0.1, 0.15) is 48.3 Å². The topological polar surface area (TPSA) is 452 Å². The summed E-state index contributed by atoms with van der Waals surface area (Å²) in [6, 6.07) is -12.7. The Bertz CT molecular complexity index is 1960. The van der Waals surface area contributed by atoms with E-state index in [2.05, 4.69) is 53.2 Å². The fraction of sp³-hybridized carbons (Fsp3) is 0.641. The summed E-state index contributed by atoms with van der Waals surface area (Å²) in [4.78, 5) is 179. The van der Waals surface area contributed by atoms with Crippen LogP contribution in [0.3, 0.4) is 0 Å². The second kappa shape index (κ2) is 29.9. The maximum Gasteiger partial charge on any atom is 0.305 e. The van der Waals surface area contributed by atoms with Gasteiger partial charge in [0.15, 0.2) is 0 Å². The summed E-state index contributed by atoms with van der Waals surface area (Å²) in [6.45, 7) is 7.21. The van der Waals surface area contributed by atoms with Crippen molar-refractivity contribution in [2.75, 3.05) is 24.6 Å². The largest absolute Gasteiger partial charge is 0.481 e. The predicted molar refractivity (Wildman–Crippen MR) is 244 cm³/mol. The van der Waals surface area contributed by atoms with Gasteiger partial charge in [0.25, 0.3) is 0 Å². The van der Waals surface area contributed by atoms with Crippen LogP contribution in [-0.4, -0.2) is 166 Å².